The van der Waals surface area contributed by atoms with Gasteiger partial charge in [0.25, 0.3) is 0 Å². The molecule has 1 aromatic carbocycles. The molecule has 0 atom stereocenters. The van der Waals surface area contributed by atoms with Crippen LogP contribution in [-0.2, 0) is 17.6 Å². The Morgan fingerprint density at radius 2 is 1.86 bits per heavy atom. The second-order valence-electron chi connectivity index (χ2n) is 4.45. The van der Waals surface area contributed by atoms with E-state index in [1.54, 1.807) is 14.2 Å². The van der Waals surface area contributed by atoms with E-state index in [0.717, 1.165) is 11.1 Å². The van der Waals surface area contributed by atoms with Crippen LogP contribution >= 0.6 is 0 Å². The molecule has 0 radical (unpaired) electrons. The maximum absolute atomic E-state index is 10.4. The number of carboxylic acids is 1. The van der Waals surface area contributed by atoms with E-state index in [9.17, 15) is 4.79 Å². The zero-order valence-electron chi connectivity index (χ0n) is 12.3. The Morgan fingerprint density at radius 1 is 1.24 bits per heavy atom. The Hall–Kier alpha value is -2.26. The first kappa shape index (κ1) is 16.8. The molecule has 1 aromatic rings. The molecule has 0 saturated heterocycles. The molecule has 1 rings (SSSR count). The second kappa shape index (κ2) is 8.82. The van der Waals surface area contributed by atoms with Gasteiger partial charge in [0.15, 0.2) is 11.5 Å². The summed E-state index contributed by atoms with van der Waals surface area (Å²) in [6.07, 6.45) is 1.08. The van der Waals surface area contributed by atoms with Crippen molar-refractivity contribution in [3.8, 4) is 17.6 Å². The van der Waals surface area contributed by atoms with Gasteiger partial charge in [-0.05, 0) is 36.2 Å². The molecule has 2 N–H and O–H groups in total. The Labute approximate surface area is 124 Å². The summed E-state index contributed by atoms with van der Waals surface area (Å²) in [6, 6.07) is 5.81. The summed E-state index contributed by atoms with van der Waals surface area (Å²) in [7, 11) is 3.12. The minimum atomic E-state index is -0.821. The van der Waals surface area contributed by atoms with Crippen LogP contribution in [0.3, 0.4) is 0 Å². The van der Waals surface area contributed by atoms with Crippen molar-refractivity contribution in [3.05, 3.63) is 23.3 Å². The van der Waals surface area contributed by atoms with Gasteiger partial charge in [0, 0.05) is 6.54 Å². The number of methoxy groups -OCH3 is 2. The Morgan fingerprint density at radius 3 is 2.38 bits per heavy atom. The zero-order chi connectivity index (χ0) is 15.7. The van der Waals surface area contributed by atoms with Gasteiger partial charge in [-0.25, -0.2) is 0 Å². The van der Waals surface area contributed by atoms with Crippen molar-refractivity contribution < 1.29 is 19.4 Å². The van der Waals surface area contributed by atoms with Crippen molar-refractivity contribution in [1.82, 2.24) is 5.32 Å². The molecule has 114 valence electrons. The van der Waals surface area contributed by atoms with Crippen molar-refractivity contribution in [2.24, 2.45) is 0 Å². The number of nitrogens with zero attached hydrogens (tertiary/aromatic N) is 1. The van der Waals surface area contributed by atoms with E-state index in [0.29, 0.717) is 37.4 Å². The molecule has 0 amide bonds. The van der Waals surface area contributed by atoms with E-state index in [4.69, 9.17) is 19.8 Å². The number of ether oxygens (including phenoxy) is 2. The predicted molar refractivity (Wildman–Crippen MR) is 77.7 cm³/mol. The van der Waals surface area contributed by atoms with E-state index in [1.165, 1.54) is 0 Å². The van der Waals surface area contributed by atoms with Gasteiger partial charge in [-0.1, -0.05) is 0 Å². The Bertz CT molecular complexity index is 523. The third-order valence-corrected chi connectivity index (χ3v) is 3.06. The Balaban J connectivity index is 2.74. The molecule has 0 unspecified atom stereocenters. The third kappa shape index (κ3) is 5.32. The van der Waals surface area contributed by atoms with E-state index in [-0.39, 0.29) is 6.42 Å². The maximum Gasteiger partial charge on any atom is 0.304 e. The standard InChI is InChI=1S/C15H20N2O4/c1-20-13-9-11(3-6-16)12(10-14(13)21-2)4-7-17-8-5-15(18)19/h9-10,17H,3-5,7-8H2,1-2H3,(H,18,19). The fraction of sp³-hybridized carbons (Fsp3) is 0.467. The molecule has 0 aliphatic carbocycles. The van der Waals surface area contributed by atoms with Crippen molar-refractivity contribution >= 4 is 5.97 Å². The normalized spacial score (nSPS) is 9.95. The highest BCUT2D eigenvalue weighted by Crippen LogP contribution is 2.31. The number of benzene rings is 1. The summed E-state index contributed by atoms with van der Waals surface area (Å²) in [4.78, 5) is 10.4. The number of hydrogen-bond donors (Lipinski definition) is 2. The van der Waals surface area contributed by atoms with Crippen LogP contribution < -0.4 is 14.8 Å². The molecule has 0 saturated carbocycles. The summed E-state index contributed by atoms with van der Waals surface area (Å²) in [5.74, 6) is 0.406. The highest BCUT2D eigenvalue weighted by Gasteiger charge is 2.11. The minimum absolute atomic E-state index is 0.0942. The lowest BCUT2D eigenvalue weighted by Gasteiger charge is -2.13. The molecule has 21 heavy (non-hydrogen) atoms. The van der Waals surface area contributed by atoms with Crippen LogP contribution in [0.25, 0.3) is 0 Å². The van der Waals surface area contributed by atoms with Gasteiger partial charge in [0.2, 0.25) is 0 Å². The lowest BCUT2D eigenvalue weighted by atomic mass is 10.0. The van der Waals surface area contributed by atoms with Crippen LogP contribution in [0.4, 0.5) is 0 Å². The molecule has 6 heteroatoms. The van der Waals surface area contributed by atoms with Gasteiger partial charge >= 0.3 is 5.97 Å². The summed E-state index contributed by atoms with van der Waals surface area (Å²) >= 11 is 0. The molecule has 6 nitrogen and oxygen atoms in total. The molecule has 0 aliphatic rings. The quantitative estimate of drug-likeness (QED) is 0.668. The van der Waals surface area contributed by atoms with E-state index in [1.807, 2.05) is 12.1 Å². The highest BCUT2D eigenvalue weighted by molar-refractivity contribution is 5.66. The molecule has 0 fully saturated rings. The minimum Gasteiger partial charge on any atom is -0.493 e. The number of rotatable bonds is 9. The number of carbonyl (C=O) groups is 1. The van der Waals surface area contributed by atoms with Gasteiger partial charge in [0.05, 0.1) is 33.1 Å². The van der Waals surface area contributed by atoms with Crippen molar-refractivity contribution in [1.29, 1.82) is 5.26 Å². The summed E-state index contributed by atoms with van der Waals surface area (Å²) in [5, 5.41) is 20.5. The Kier molecular flexibility index (Phi) is 7.05. The third-order valence-electron chi connectivity index (χ3n) is 3.06. The van der Waals surface area contributed by atoms with Gasteiger partial charge in [-0.2, -0.15) is 5.26 Å². The monoisotopic (exact) mass is 292 g/mol. The SMILES string of the molecule is COc1cc(CC#N)c(CCNCCC(=O)O)cc1OC. The number of nitriles is 1. The first-order valence-corrected chi connectivity index (χ1v) is 6.65. The average Bonchev–Trinajstić information content (AvgIpc) is 2.47. The highest BCUT2D eigenvalue weighted by atomic mass is 16.5. The van der Waals surface area contributed by atoms with Crippen LogP contribution in [0.2, 0.25) is 0 Å². The fourth-order valence-electron chi connectivity index (χ4n) is 1.99. The van der Waals surface area contributed by atoms with Crippen LogP contribution in [0.5, 0.6) is 11.5 Å². The molecule has 0 aliphatic heterocycles. The van der Waals surface area contributed by atoms with E-state index >= 15 is 0 Å². The first-order chi connectivity index (χ1) is 10.1. The second-order valence-corrected chi connectivity index (χ2v) is 4.45. The van der Waals surface area contributed by atoms with E-state index < -0.39 is 5.97 Å². The predicted octanol–water partition coefficient (Wildman–Crippen LogP) is 1.38. The van der Waals surface area contributed by atoms with Crippen LogP contribution in [0.15, 0.2) is 12.1 Å². The smallest absolute Gasteiger partial charge is 0.304 e. The first-order valence-electron chi connectivity index (χ1n) is 6.65. The molecule has 0 heterocycles. The van der Waals surface area contributed by atoms with Gasteiger partial charge in [-0.15, -0.1) is 0 Å². The average molecular weight is 292 g/mol. The van der Waals surface area contributed by atoms with Gasteiger partial charge < -0.3 is 19.9 Å². The fourth-order valence-corrected chi connectivity index (χ4v) is 1.99. The molecular weight excluding hydrogens is 272 g/mol. The molecule has 0 spiro atoms. The van der Waals surface area contributed by atoms with Crippen molar-refractivity contribution in [3.63, 3.8) is 0 Å². The van der Waals surface area contributed by atoms with Crippen LogP contribution in [0, 0.1) is 11.3 Å². The van der Waals surface area contributed by atoms with Crippen molar-refractivity contribution in [2.75, 3.05) is 27.3 Å². The lowest BCUT2D eigenvalue weighted by molar-refractivity contribution is -0.136. The van der Waals surface area contributed by atoms with Crippen LogP contribution in [-0.4, -0.2) is 38.4 Å². The lowest BCUT2D eigenvalue weighted by Crippen LogP contribution is -2.21. The summed E-state index contributed by atoms with van der Waals surface area (Å²) in [5.41, 5.74) is 1.90. The topological polar surface area (TPSA) is 91.6 Å². The number of hydrogen-bond acceptors (Lipinski definition) is 5. The van der Waals surface area contributed by atoms with Gasteiger partial charge in [0.1, 0.15) is 0 Å². The molecular formula is C15H20N2O4. The number of aliphatic carboxylic acids is 1. The zero-order valence-corrected chi connectivity index (χ0v) is 12.3. The summed E-state index contributed by atoms with van der Waals surface area (Å²) < 4.78 is 10.5. The molecule has 0 aromatic heterocycles. The maximum atomic E-state index is 10.4. The number of carboxylic acid groups (broad SMARTS) is 1. The molecule has 0 bridgehead atoms. The van der Waals surface area contributed by atoms with Crippen LogP contribution in [0.1, 0.15) is 17.5 Å². The van der Waals surface area contributed by atoms with Gasteiger partial charge in [-0.3, -0.25) is 4.79 Å². The summed E-state index contributed by atoms with van der Waals surface area (Å²) in [6.45, 7) is 1.07. The largest absolute Gasteiger partial charge is 0.493 e. The number of nitrogens with one attached hydrogen (secondary N) is 1. The van der Waals surface area contributed by atoms with Crippen molar-refractivity contribution in [2.45, 2.75) is 19.3 Å². The van der Waals surface area contributed by atoms with E-state index in [2.05, 4.69) is 11.4 Å².